The lowest BCUT2D eigenvalue weighted by atomic mass is 10.2. The van der Waals surface area contributed by atoms with Crippen molar-refractivity contribution in [3.8, 4) is 0 Å². The summed E-state index contributed by atoms with van der Waals surface area (Å²) in [6.45, 7) is 2.01. The van der Waals surface area contributed by atoms with E-state index in [1.54, 1.807) is 12.1 Å². The third kappa shape index (κ3) is 3.28. The number of hydrogen-bond donors (Lipinski definition) is 0. The molecule has 2 aromatic carbocycles. The van der Waals surface area contributed by atoms with Crippen LogP contribution in [0.1, 0.15) is 15.9 Å². The van der Waals surface area contributed by atoms with Gasteiger partial charge in [0.25, 0.3) is 11.9 Å². The van der Waals surface area contributed by atoms with Crippen LogP contribution >= 0.6 is 0 Å². The van der Waals surface area contributed by atoms with E-state index in [-0.39, 0.29) is 5.91 Å². The van der Waals surface area contributed by atoms with Crippen LogP contribution in [0.2, 0.25) is 0 Å². The van der Waals surface area contributed by atoms with Gasteiger partial charge >= 0.3 is 0 Å². The molecular formula is C17H16N2O2. The maximum absolute atomic E-state index is 12.1. The van der Waals surface area contributed by atoms with Gasteiger partial charge in [0, 0.05) is 12.1 Å². The quantitative estimate of drug-likeness (QED) is 0.868. The van der Waals surface area contributed by atoms with Gasteiger partial charge in [-0.1, -0.05) is 48.5 Å². The van der Waals surface area contributed by atoms with E-state index in [2.05, 4.69) is 17.1 Å². The van der Waals surface area contributed by atoms with Gasteiger partial charge in [0.1, 0.15) is 6.61 Å². The summed E-state index contributed by atoms with van der Waals surface area (Å²) >= 11 is 0. The Morgan fingerprint density at radius 2 is 1.71 bits per heavy atom. The second-order valence-corrected chi connectivity index (χ2v) is 4.82. The second-order valence-electron chi connectivity index (χ2n) is 4.82. The molecule has 4 heteroatoms. The number of hydrogen-bond acceptors (Lipinski definition) is 2. The zero-order valence-electron chi connectivity index (χ0n) is 11.6. The number of ether oxygens (including phenoxy) is 1. The van der Waals surface area contributed by atoms with E-state index in [1.165, 1.54) is 5.56 Å². The van der Waals surface area contributed by atoms with E-state index in [0.717, 1.165) is 6.54 Å². The monoisotopic (exact) mass is 280 g/mol. The lowest BCUT2D eigenvalue weighted by Crippen LogP contribution is -2.26. The van der Waals surface area contributed by atoms with Crippen LogP contribution in [-0.4, -0.2) is 30.0 Å². The zero-order chi connectivity index (χ0) is 14.5. The third-order valence-corrected chi connectivity index (χ3v) is 3.30. The van der Waals surface area contributed by atoms with Crippen LogP contribution in [0.25, 0.3) is 0 Å². The smallest absolute Gasteiger partial charge is 0.296 e. The summed E-state index contributed by atoms with van der Waals surface area (Å²) < 4.78 is 5.49. The van der Waals surface area contributed by atoms with Gasteiger partial charge in [-0.2, -0.15) is 4.99 Å². The van der Waals surface area contributed by atoms with E-state index in [4.69, 9.17) is 4.74 Å². The van der Waals surface area contributed by atoms with E-state index < -0.39 is 0 Å². The molecule has 1 fully saturated rings. The molecule has 1 heterocycles. The molecule has 0 atom stereocenters. The molecular weight excluding hydrogens is 264 g/mol. The van der Waals surface area contributed by atoms with Crippen LogP contribution in [0, 0.1) is 0 Å². The van der Waals surface area contributed by atoms with Crippen molar-refractivity contribution in [3.63, 3.8) is 0 Å². The SMILES string of the molecule is O=C(N=C1OCCN1Cc1ccccc1)c1ccccc1. The summed E-state index contributed by atoms with van der Waals surface area (Å²) in [6, 6.07) is 19.5. The molecule has 0 N–H and O–H groups in total. The van der Waals surface area contributed by atoms with Crippen LogP contribution in [0.3, 0.4) is 0 Å². The molecule has 2 aromatic rings. The highest BCUT2D eigenvalue weighted by Crippen LogP contribution is 2.12. The van der Waals surface area contributed by atoms with Crippen molar-refractivity contribution in [1.29, 1.82) is 0 Å². The summed E-state index contributed by atoms with van der Waals surface area (Å²) in [5, 5.41) is 0. The summed E-state index contributed by atoms with van der Waals surface area (Å²) in [5.41, 5.74) is 1.74. The first-order valence-electron chi connectivity index (χ1n) is 6.93. The molecule has 0 aliphatic carbocycles. The fourth-order valence-corrected chi connectivity index (χ4v) is 2.22. The van der Waals surface area contributed by atoms with Gasteiger partial charge in [0.15, 0.2) is 0 Å². The first kappa shape index (κ1) is 13.4. The summed E-state index contributed by atoms with van der Waals surface area (Å²) in [5.74, 6) is -0.273. The van der Waals surface area contributed by atoms with E-state index in [0.29, 0.717) is 24.7 Å². The Morgan fingerprint density at radius 3 is 2.43 bits per heavy atom. The van der Waals surface area contributed by atoms with Crippen molar-refractivity contribution in [1.82, 2.24) is 4.90 Å². The number of amides is 1. The normalized spacial score (nSPS) is 16.0. The average Bonchev–Trinajstić information content (AvgIpc) is 2.96. The largest absolute Gasteiger partial charge is 0.463 e. The molecule has 1 aliphatic rings. The van der Waals surface area contributed by atoms with Gasteiger partial charge < -0.3 is 9.64 Å². The molecule has 1 saturated heterocycles. The minimum atomic E-state index is -0.273. The van der Waals surface area contributed by atoms with Crippen molar-refractivity contribution in [2.45, 2.75) is 6.54 Å². The molecule has 1 amide bonds. The number of aliphatic imine (C=N–C) groups is 1. The van der Waals surface area contributed by atoms with Gasteiger partial charge in [-0.3, -0.25) is 4.79 Å². The highest BCUT2D eigenvalue weighted by molar-refractivity contribution is 6.01. The molecule has 3 rings (SSSR count). The molecule has 0 aromatic heterocycles. The van der Waals surface area contributed by atoms with Crippen molar-refractivity contribution in [2.24, 2.45) is 4.99 Å². The van der Waals surface area contributed by atoms with Crippen molar-refractivity contribution in [3.05, 3.63) is 71.8 Å². The molecule has 0 spiro atoms. The predicted molar refractivity (Wildman–Crippen MR) is 81.0 cm³/mol. The second kappa shape index (κ2) is 6.22. The molecule has 0 bridgehead atoms. The summed E-state index contributed by atoms with van der Waals surface area (Å²) in [4.78, 5) is 18.2. The minimum absolute atomic E-state index is 0.273. The van der Waals surface area contributed by atoms with Crippen LogP contribution in [-0.2, 0) is 11.3 Å². The van der Waals surface area contributed by atoms with Crippen LogP contribution < -0.4 is 0 Å². The number of amidine groups is 1. The Bertz CT molecular complexity index is 638. The van der Waals surface area contributed by atoms with Crippen LogP contribution in [0.4, 0.5) is 0 Å². The molecule has 4 nitrogen and oxygen atoms in total. The van der Waals surface area contributed by atoms with E-state index >= 15 is 0 Å². The molecule has 0 saturated carbocycles. The van der Waals surface area contributed by atoms with E-state index in [1.807, 2.05) is 41.3 Å². The first-order chi connectivity index (χ1) is 10.3. The Hall–Kier alpha value is -2.62. The zero-order valence-corrected chi connectivity index (χ0v) is 11.6. The van der Waals surface area contributed by atoms with E-state index in [9.17, 15) is 4.79 Å². The number of carbonyl (C=O) groups is 1. The summed E-state index contributed by atoms with van der Waals surface area (Å²) in [7, 11) is 0. The van der Waals surface area contributed by atoms with Gasteiger partial charge in [-0.05, 0) is 17.7 Å². The number of benzene rings is 2. The number of rotatable bonds is 3. The van der Waals surface area contributed by atoms with Crippen LogP contribution in [0.5, 0.6) is 0 Å². The number of nitrogens with zero attached hydrogens (tertiary/aromatic N) is 2. The molecule has 21 heavy (non-hydrogen) atoms. The molecule has 0 unspecified atom stereocenters. The average molecular weight is 280 g/mol. The van der Waals surface area contributed by atoms with Gasteiger partial charge in [0.2, 0.25) is 0 Å². The highest BCUT2D eigenvalue weighted by atomic mass is 16.5. The van der Waals surface area contributed by atoms with Crippen molar-refractivity contribution in [2.75, 3.05) is 13.2 Å². The minimum Gasteiger partial charge on any atom is -0.463 e. The topological polar surface area (TPSA) is 41.9 Å². The van der Waals surface area contributed by atoms with Gasteiger partial charge in [-0.15, -0.1) is 0 Å². The lowest BCUT2D eigenvalue weighted by molar-refractivity contribution is 0.0998. The van der Waals surface area contributed by atoms with Crippen LogP contribution in [0.15, 0.2) is 65.7 Å². The predicted octanol–water partition coefficient (Wildman–Crippen LogP) is 2.72. The highest BCUT2D eigenvalue weighted by Gasteiger charge is 2.21. The van der Waals surface area contributed by atoms with Gasteiger partial charge in [0.05, 0.1) is 6.54 Å². The molecule has 106 valence electrons. The standard InChI is InChI=1S/C17H16N2O2/c20-16(15-9-5-2-6-10-15)18-17-19(11-12-21-17)13-14-7-3-1-4-8-14/h1-10H,11-13H2. The van der Waals surface area contributed by atoms with Crippen molar-refractivity contribution < 1.29 is 9.53 Å². The maximum atomic E-state index is 12.1. The third-order valence-electron chi connectivity index (χ3n) is 3.30. The molecule has 1 aliphatic heterocycles. The Labute approximate surface area is 123 Å². The Morgan fingerprint density at radius 1 is 1.05 bits per heavy atom. The maximum Gasteiger partial charge on any atom is 0.296 e. The summed E-state index contributed by atoms with van der Waals surface area (Å²) in [6.07, 6.45) is 0. The number of carbonyl (C=O) groups excluding carboxylic acids is 1. The first-order valence-corrected chi connectivity index (χ1v) is 6.93. The van der Waals surface area contributed by atoms with Gasteiger partial charge in [-0.25, -0.2) is 0 Å². The fourth-order valence-electron chi connectivity index (χ4n) is 2.22. The Balaban J connectivity index is 1.74. The fraction of sp³-hybridized carbons (Fsp3) is 0.176. The van der Waals surface area contributed by atoms with Crippen molar-refractivity contribution >= 4 is 11.9 Å². The molecule has 0 radical (unpaired) electrons. The Kier molecular flexibility index (Phi) is 3.96. The lowest BCUT2D eigenvalue weighted by Gasteiger charge is -2.15.